The van der Waals surface area contributed by atoms with Crippen LogP contribution in [-0.2, 0) is 14.2 Å². The lowest BCUT2D eigenvalue weighted by molar-refractivity contribution is -0.187. The summed E-state index contributed by atoms with van der Waals surface area (Å²) < 4.78 is 16.0. The van der Waals surface area contributed by atoms with Gasteiger partial charge >= 0.3 is 5.97 Å². The monoisotopic (exact) mass is 248 g/mol. The SMILES string of the molecule is COC1OC(C)C=CC1OC(=O)c1ccccc1. The molecule has 0 radical (unpaired) electrons. The van der Waals surface area contributed by atoms with Crippen molar-refractivity contribution >= 4 is 5.97 Å². The fourth-order valence-electron chi connectivity index (χ4n) is 1.74. The van der Waals surface area contributed by atoms with Gasteiger partial charge in [-0.3, -0.25) is 0 Å². The lowest BCUT2D eigenvalue weighted by Crippen LogP contribution is -2.38. The van der Waals surface area contributed by atoms with E-state index in [1.807, 2.05) is 19.1 Å². The molecule has 96 valence electrons. The standard InChI is InChI=1S/C14H16O4/c1-10-8-9-12(14(16-2)17-10)18-13(15)11-6-4-3-5-7-11/h3-10,12,14H,1-2H3. The molecule has 0 fully saturated rings. The van der Waals surface area contributed by atoms with E-state index in [0.717, 1.165) is 0 Å². The third-order valence-corrected chi connectivity index (χ3v) is 2.67. The van der Waals surface area contributed by atoms with Gasteiger partial charge < -0.3 is 14.2 Å². The van der Waals surface area contributed by atoms with Crippen LogP contribution in [0.3, 0.4) is 0 Å². The van der Waals surface area contributed by atoms with Gasteiger partial charge in [0.2, 0.25) is 0 Å². The molecule has 0 saturated heterocycles. The molecule has 18 heavy (non-hydrogen) atoms. The molecular weight excluding hydrogens is 232 g/mol. The lowest BCUT2D eigenvalue weighted by Gasteiger charge is -2.29. The lowest BCUT2D eigenvalue weighted by atomic mass is 10.2. The molecule has 1 heterocycles. The number of ether oxygens (including phenoxy) is 3. The Kier molecular flexibility index (Phi) is 4.12. The quantitative estimate of drug-likeness (QED) is 0.607. The topological polar surface area (TPSA) is 44.8 Å². The average molecular weight is 248 g/mol. The van der Waals surface area contributed by atoms with Gasteiger partial charge in [-0.15, -0.1) is 0 Å². The smallest absolute Gasteiger partial charge is 0.338 e. The Morgan fingerprint density at radius 2 is 1.94 bits per heavy atom. The predicted molar refractivity (Wildman–Crippen MR) is 66.1 cm³/mol. The largest absolute Gasteiger partial charge is 0.449 e. The van der Waals surface area contributed by atoms with Crippen LogP contribution in [0.25, 0.3) is 0 Å². The average Bonchev–Trinajstić information content (AvgIpc) is 2.41. The normalized spacial score (nSPS) is 26.9. The van der Waals surface area contributed by atoms with Gasteiger partial charge in [0.15, 0.2) is 12.4 Å². The van der Waals surface area contributed by atoms with Gasteiger partial charge in [0.1, 0.15) is 0 Å². The van der Waals surface area contributed by atoms with Crippen LogP contribution in [-0.4, -0.2) is 31.6 Å². The van der Waals surface area contributed by atoms with Gasteiger partial charge in [-0.2, -0.15) is 0 Å². The van der Waals surface area contributed by atoms with E-state index >= 15 is 0 Å². The Labute approximate surface area is 106 Å². The first-order valence-corrected chi connectivity index (χ1v) is 5.83. The number of esters is 1. The zero-order valence-electron chi connectivity index (χ0n) is 10.4. The number of benzene rings is 1. The predicted octanol–water partition coefficient (Wildman–Crippen LogP) is 2.16. The zero-order valence-corrected chi connectivity index (χ0v) is 10.4. The maximum absolute atomic E-state index is 11.9. The molecule has 0 saturated carbocycles. The van der Waals surface area contributed by atoms with E-state index in [1.165, 1.54) is 7.11 Å². The first-order chi connectivity index (χ1) is 8.70. The highest BCUT2D eigenvalue weighted by Gasteiger charge is 2.28. The van der Waals surface area contributed by atoms with Gasteiger partial charge in [0.05, 0.1) is 11.7 Å². The molecule has 0 N–H and O–H groups in total. The van der Waals surface area contributed by atoms with Gasteiger partial charge in [0, 0.05) is 7.11 Å². The van der Waals surface area contributed by atoms with Gasteiger partial charge in [-0.25, -0.2) is 4.79 Å². The Balaban J connectivity index is 2.04. The van der Waals surface area contributed by atoms with E-state index in [9.17, 15) is 4.79 Å². The van der Waals surface area contributed by atoms with E-state index in [0.29, 0.717) is 5.56 Å². The minimum atomic E-state index is -0.558. The highest BCUT2D eigenvalue weighted by molar-refractivity contribution is 5.89. The second-order valence-corrected chi connectivity index (χ2v) is 4.07. The Hall–Kier alpha value is -1.65. The van der Waals surface area contributed by atoms with Crippen molar-refractivity contribution in [2.24, 2.45) is 0 Å². The summed E-state index contributed by atoms with van der Waals surface area (Å²) in [6.07, 6.45) is 2.53. The molecule has 3 unspecified atom stereocenters. The highest BCUT2D eigenvalue weighted by Crippen LogP contribution is 2.17. The molecule has 1 aromatic carbocycles. The van der Waals surface area contributed by atoms with Crippen molar-refractivity contribution in [1.29, 1.82) is 0 Å². The first kappa shape index (κ1) is 12.8. The van der Waals surface area contributed by atoms with E-state index in [4.69, 9.17) is 14.2 Å². The van der Waals surface area contributed by atoms with Crippen molar-refractivity contribution in [2.45, 2.75) is 25.4 Å². The molecule has 0 bridgehead atoms. The van der Waals surface area contributed by atoms with Crippen LogP contribution in [0.2, 0.25) is 0 Å². The molecule has 0 spiro atoms. The van der Waals surface area contributed by atoms with Crippen LogP contribution in [0.15, 0.2) is 42.5 Å². The summed E-state index contributed by atoms with van der Waals surface area (Å²) in [5.74, 6) is -0.384. The summed E-state index contributed by atoms with van der Waals surface area (Å²) >= 11 is 0. The fraction of sp³-hybridized carbons (Fsp3) is 0.357. The van der Waals surface area contributed by atoms with Gasteiger partial charge in [-0.05, 0) is 25.1 Å². The zero-order chi connectivity index (χ0) is 13.0. The number of hydrogen-bond acceptors (Lipinski definition) is 4. The number of rotatable bonds is 3. The van der Waals surface area contributed by atoms with Crippen molar-refractivity contribution in [2.75, 3.05) is 7.11 Å². The molecular formula is C14H16O4. The summed E-state index contributed by atoms with van der Waals surface area (Å²) in [6, 6.07) is 8.85. The number of methoxy groups -OCH3 is 1. The molecule has 0 amide bonds. The molecule has 0 aromatic heterocycles. The van der Waals surface area contributed by atoms with Crippen LogP contribution in [0.5, 0.6) is 0 Å². The van der Waals surface area contributed by atoms with E-state index in [-0.39, 0.29) is 12.1 Å². The van der Waals surface area contributed by atoms with Crippen LogP contribution < -0.4 is 0 Å². The molecule has 4 nitrogen and oxygen atoms in total. The first-order valence-electron chi connectivity index (χ1n) is 5.83. The van der Waals surface area contributed by atoms with E-state index < -0.39 is 12.4 Å². The fourth-order valence-corrected chi connectivity index (χ4v) is 1.74. The molecule has 1 aliphatic heterocycles. The van der Waals surface area contributed by atoms with Crippen LogP contribution in [0, 0.1) is 0 Å². The summed E-state index contributed by atoms with van der Waals surface area (Å²) in [6.45, 7) is 1.90. The van der Waals surface area contributed by atoms with Crippen LogP contribution in [0.1, 0.15) is 17.3 Å². The van der Waals surface area contributed by atoms with Crippen molar-refractivity contribution in [3.63, 3.8) is 0 Å². The number of hydrogen-bond donors (Lipinski definition) is 0. The minimum Gasteiger partial charge on any atom is -0.449 e. The number of carbonyl (C=O) groups excluding carboxylic acids is 1. The summed E-state index contributed by atoms with van der Waals surface area (Å²) in [5.41, 5.74) is 0.513. The van der Waals surface area contributed by atoms with Crippen molar-refractivity contribution in [3.05, 3.63) is 48.0 Å². The van der Waals surface area contributed by atoms with E-state index in [1.54, 1.807) is 30.3 Å². The van der Waals surface area contributed by atoms with Crippen molar-refractivity contribution in [1.82, 2.24) is 0 Å². The van der Waals surface area contributed by atoms with Gasteiger partial charge in [0.25, 0.3) is 0 Å². The Morgan fingerprint density at radius 3 is 2.61 bits per heavy atom. The third-order valence-electron chi connectivity index (χ3n) is 2.67. The second kappa shape index (κ2) is 5.80. The molecule has 1 aliphatic rings. The molecule has 1 aromatic rings. The Morgan fingerprint density at radius 1 is 1.22 bits per heavy atom. The Bertz CT molecular complexity index is 427. The minimum absolute atomic E-state index is 0.0402. The maximum atomic E-state index is 11.9. The van der Waals surface area contributed by atoms with Crippen molar-refractivity contribution < 1.29 is 19.0 Å². The summed E-state index contributed by atoms with van der Waals surface area (Å²) in [7, 11) is 1.53. The van der Waals surface area contributed by atoms with Gasteiger partial charge in [-0.1, -0.05) is 24.3 Å². The highest BCUT2D eigenvalue weighted by atomic mass is 16.7. The van der Waals surface area contributed by atoms with Crippen molar-refractivity contribution in [3.8, 4) is 0 Å². The third kappa shape index (κ3) is 2.97. The van der Waals surface area contributed by atoms with Crippen LogP contribution in [0.4, 0.5) is 0 Å². The second-order valence-electron chi connectivity index (χ2n) is 4.07. The molecule has 4 heteroatoms. The van der Waals surface area contributed by atoms with E-state index in [2.05, 4.69) is 0 Å². The summed E-state index contributed by atoms with van der Waals surface area (Å²) in [5, 5.41) is 0. The molecule has 2 rings (SSSR count). The molecule has 0 aliphatic carbocycles. The van der Waals surface area contributed by atoms with Crippen LogP contribution >= 0.6 is 0 Å². The maximum Gasteiger partial charge on any atom is 0.338 e. The summed E-state index contributed by atoms with van der Waals surface area (Å²) in [4.78, 5) is 11.9. The molecule has 3 atom stereocenters. The number of carbonyl (C=O) groups is 1.